The first-order chi connectivity index (χ1) is 13.4. The second kappa shape index (κ2) is 8.19. The van der Waals surface area contributed by atoms with Gasteiger partial charge in [0, 0.05) is 17.5 Å². The molecular formula is C24H20N2O. The predicted molar refractivity (Wildman–Crippen MR) is 113 cm³/mol. The Bertz CT molecular complexity index is 1050. The normalized spacial score (nSPS) is 11.0. The minimum Gasteiger partial charge on any atom is -0.471 e. The average molecular weight is 352 g/mol. The molecule has 132 valence electrons. The number of nitrogens with zero attached hydrogens (tertiary/aromatic N) is 1. The molecule has 1 N–H and O–H groups in total. The zero-order valence-corrected chi connectivity index (χ0v) is 14.9. The minimum atomic E-state index is 0.380. The molecule has 4 rings (SSSR count). The van der Waals surface area contributed by atoms with E-state index in [1.54, 1.807) is 0 Å². The Hall–Kier alpha value is -3.59. The second-order valence-corrected chi connectivity index (χ2v) is 6.13. The number of para-hydroxylation sites is 3. The summed E-state index contributed by atoms with van der Waals surface area (Å²) in [4.78, 5) is 4.67. The van der Waals surface area contributed by atoms with Crippen molar-refractivity contribution >= 4 is 28.4 Å². The van der Waals surface area contributed by atoms with Gasteiger partial charge in [-0.25, -0.2) is 0 Å². The number of nitrogens with one attached hydrogen (secondary N) is 1. The number of ether oxygens (including phenoxy) is 1. The highest BCUT2D eigenvalue weighted by atomic mass is 16.5. The molecule has 0 heterocycles. The standard InChI is InChI=1S/C24H20N2O/c1-2-12-21(13-3-1)26-18-27-24-16-7-6-15-23(24)25-17-20-11-8-10-19-9-4-5-14-22(19)20/h1-17,26H,18H2. The lowest BCUT2D eigenvalue weighted by Crippen LogP contribution is -2.08. The van der Waals surface area contributed by atoms with Crippen LogP contribution in [0.1, 0.15) is 5.56 Å². The van der Waals surface area contributed by atoms with E-state index in [9.17, 15) is 0 Å². The van der Waals surface area contributed by atoms with Crippen LogP contribution < -0.4 is 10.1 Å². The summed E-state index contributed by atoms with van der Waals surface area (Å²) in [5.74, 6) is 0.748. The highest BCUT2D eigenvalue weighted by molar-refractivity contribution is 6.00. The van der Waals surface area contributed by atoms with E-state index >= 15 is 0 Å². The monoisotopic (exact) mass is 352 g/mol. The van der Waals surface area contributed by atoms with Crippen molar-refractivity contribution < 1.29 is 4.74 Å². The number of hydrogen-bond acceptors (Lipinski definition) is 3. The number of aliphatic imine (C=N–C) groups is 1. The summed E-state index contributed by atoms with van der Waals surface area (Å²) in [7, 11) is 0. The van der Waals surface area contributed by atoms with Crippen molar-refractivity contribution in [1.82, 2.24) is 0 Å². The minimum absolute atomic E-state index is 0.380. The summed E-state index contributed by atoms with van der Waals surface area (Å²) in [6.45, 7) is 0.380. The second-order valence-electron chi connectivity index (χ2n) is 6.13. The van der Waals surface area contributed by atoms with E-state index in [1.807, 2.05) is 72.9 Å². The van der Waals surface area contributed by atoms with Crippen LogP contribution in [0.25, 0.3) is 10.8 Å². The van der Waals surface area contributed by atoms with Gasteiger partial charge in [0.05, 0.1) is 0 Å². The van der Waals surface area contributed by atoms with Crippen molar-refractivity contribution in [3.8, 4) is 5.75 Å². The topological polar surface area (TPSA) is 33.6 Å². The van der Waals surface area contributed by atoms with Crippen LogP contribution in [0.2, 0.25) is 0 Å². The molecule has 0 fully saturated rings. The molecule has 0 spiro atoms. The maximum atomic E-state index is 5.89. The molecule has 4 aromatic carbocycles. The molecule has 0 saturated heterocycles. The van der Waals surface area contributed by atoms with Crippen molar-refractivity contribution in [2.24, 2.45) is 4.99 Å². The van der Waals surface area contributed by atoms with Crippen LogP contribution in [0, 0.1) is 0 Å². The van der Waals surface area contributed by atoms with Gasteiger partial charge in [0.25, 0.3) is 0 Å². The zero-order valence-electron chi connectivity index (χ0n) is 14.9. The van der Waals surface area contributed by atoms with E-state index in [4.69, 9.17) is 4.74 Å². The number of fused-ring (bicyclic) bond motifs is 1. The van der Waals surface area contributed by atoms with Gasteiger partial charge in [0.15, 0.2) is 6.73 Å². The predicted octanol–water partition coefficient (Wildman–Crippen LogP) is 6.04. The summed E-state index contributed by atoms with van der Waals surface area (Å²) in [6.07, 6.45) is 1.90. The van der Waals surface area contributed by atoms with Crippen LogP contribution in [0.4, 0.5) is 11.4 Å². The molecule has 0 atom stereocenters. The Kier molecular flexibility index (Phi) is 5.11. The summed E-state index contributed by atoms with van der Waals surface area (Å²) < 4.78 is 5.89. The first kappa shape index (κ1) is 16.9. The summed E-state index contributed by atoms with van der Waals surface area (Å²) >= 11 is 0. The number of benzene rings is 4. The van der Waals surface area contributed by atoms with Gasteiger partial charge in [0.2, 0.25) is 0 Å². The zero-order chi connectivity index (χ0) is 18.3. The lowest BCUT2D eigenvalue weighted by Gasteiger charge is -2.10. The molecule has 0 saturated carbocycles. The molecule has 0 aliphatic carbocycles. The lowest BCUT2D eigenvalue weighted by atomic mass is 10.1. The lowest BCUT2D eigenvalue weighted by molar-refractivity contribution is 0.348. The molecule has 0 amide bonds. The molecule has 0 aliphatic heterocycles. The van der Waals surface area contributed by atoms with Gasteiger partial charge >= 0.3 is 0 Å². The van der Waals surface area contributed by atoms with E-state index in [0.717, 1.165) is 22.7 Å². The van der Waals surface area contributed by atoms with Crippen LogP contribution in [-0.4, -0.2) is 12.9 Å². The molecule has 3 heteroatoms. The van der Waals surface area contributed by atoms with Gasteiger partial charge in [-0.05, 0) is 35.0 Å². The Labute approximate surface area is 159 Å². The maximum absolute atomic E-state index is 5.89. The smallest absolute Gasteiger partial charge is 0.159 e. The van der Waals surface area contributed by atoms with Crippen LogP contribution in [0.15, 0.2) is 102 Å². The van der Waals surface area contributed by atoms with Crippen molar-refractivity contribution in [1.29, 1.82) is 0 Å². The first-order valence-electron chi connectivity index (χ1n) is 8.93. The summed E-state index contributed by atoms with van der Waals surface area (Å²) in [6, 6.07) is 32.4. The van der Waals surface area contributed by atoms with E-state index in [2.05, 4.69) is 40.6 Å². The Balaban J connectivity index is 1.51. The van der Waals surface area contributed by atoms with Gasteiger partial charge in [-0.3, -0.25) is 4.99 Å². The van der Waals surface area contributed by atoms with Crippen LogP contribution in [0.5, 0.6) is 5.75 Å². The molecule has 4 aromatic rings. The third kappa shape index (κ3) is 4.15. The highest BCUT2D eigenvalue weighted by Gasteiger charge is 2.02. The number of hydrogen-bond donors (Lipinski definition) is 1. The van der Waals surface area contributed by atoms with E-state index in [-0.39, 0.29) is 0 Å². The highest BCUT2D eigenvalue weighted by Crippen LogP contribution is 2.27. The fraction of sp³-hybridized carbons (Fsp3) is 0.0417. The van der Waals surface area contributed by atoms with Gasteiger partial charge in [-0.1, -0.05) is 72.8 Å². The molecule has 0 aliphatic rings. The molecule has 27 heavy (non-hydrogen) atoms. The average Bonchev–Trinajstić information content (AvgIpc) is 2.74. The van der Waals surface area contributed by atoms with E-state index < -0.39 is 0 Å². The maximum Gasteiger partial charge on any atom is 0.159 e. The van der Waals surface area contributed by atoms with Crippen molar-refractivity contribution in [3.63, 3.8) is 0 Å². The van der Waals surface area contributed by atoms with Gasteiger partial charge in [0.1, 0.15) is 11.4 Å². The van der Waals surface area contributed by atoms with E-state index in [0.29, 0.717) is 6.73 Å². The molecule has 0 bridgehead atoms. The SMILES string of the molecule is C(=Nc1ccccc1OCNc1ccccc1)c1cccc2ccccc12. The van der Waals surface area contributed by atoms with Gasteiger partial charge < -0.3 is 10.1 Å². The van der Waals surface area contributed by atoms with Crippen LogP contribution in [0.3, 0.4) is 0 Å². The number of rotatable bonds is 6. The fourth-order valence-corrected chi connectivity index (χ4v) is 2.94. The fourth-order valence-electron chi connectivity index (χ4n) is 2.94. The summed E-state index contributed by atoms with van der Waals surface area (Å²) in [5.41, 5.74) is 2.92. The van der Waals surface area contributed by atoms with Crippen molar-refractivity contribution in [2.45, 2.75) is 0 Å². The molecule has 0 unspecified atom stereocenters. The third-order valence-corrected chi connectivity index (χ3v) is 4.31. The molecular weight excluding hydrogens is 332 g/mol. The molecule has 3 nitrogen and oxygen atoms in total. The largest absolute Gasteiger partial charge is 0.471 e. The Morgan fingerprint density at radius 1 is 0.741 bits per heavy atom. The van der Waals surface area contributed by atoms with Crippen LogP contribution in [-0.2, 0) is 0 Å². The molecule has 0 aromatic heterocycles. The van der Waals surface area contributed by atoms with Crippen molar-refractivity contribution in [3.05, 3.63) is 103 Å². The number of anilines is 1. The first-order valence-corrected chi connectivity index (χ1v) is 8.93. The van der Waals surface area contributed by atoms with Gasteiger partial charge in [-0.2, -0.15) is 0 Å². The Morgan fingerprint density at radius 2 is 1.48 bits per heavy atom. The molecule has 0 radical (unpaired) electrons. The van der Waals surface area contributed by atoms with E-state index in [1.165, 1.54) is 10.8 Å². The van der Waals surface area contributed by atoms with Crippen molar-refractivity contribution in [2.75, 3.05) is 12.0 Å². The van der Waals surface area contributed by atoms with Crippen LogP contribution >= 0.6 is 0 Å². The third-order valence-electron chi connectivity index (χ3n) is 4.31. The quantitative estimate of drug-likeness (QED) is 0.339. The van der Waals surface area contributed by atoms with Gasteiger partial charge in [-0.15, -0.1) is 0 Å². The summed E-state index contributed by atoms with van der Waals surface area (Å²) in [5, 5.41) is 5.64. The Morgan fingerprint density at radius 3 is 2.41 bits per heavy atom.